The van der Waals surface area contributed by atoms with E-state index in [9.17, 15) is 17.6 Å². The zero-order valence-electron chi connectivity index (χ0n) is 15.6. The van der Waals surface area contributed by atoms with Crippen LogP contribution in [0.2, 0.25) is 0 Å². The molecule has 0 aromatic heterocycles. The fraction of sp³-hybridized carbons (Fsp3) is 0.350. The van der Waals surface area contributed by atoms with E-state index in [-0.39, 0.29) is 24.1 Å². The van der Waals surface area contributed by atoms with Crippen LogP contribution in [0.4, 0.5) is 14.9 Å². The van der Waals surface area contributed by atoms with E-state index in [4.69, 9.17) is 4.74 Å². The van der Waals surface area contributed by atoms with E-state index in [0.29, 0.717) is 36.5 Å². The quantitative estimate of drug-likeness (QED) is 0.780. The first-order valence-electron chi connectivity index (χ1n) is 9.46. The third-order valence-corrected chi connectivity index (χ3v) is 7.16. The molecule has 2 aromatic rings. The number of nitrogens with zero attached hydrogens (tertiary/aromatic N) is 1. The Hall–Kier alpha value is -2.49. The first-order chi connectivity index (χ1) is 13.9. The molecule has 2 heterocycles. The van der Waals surface area contributed by atoms with Crippen LogP contribution in [0, 0.1) is 5.82 Å². The molecule has 0 bridgehead atoms. The van der Waals surface area contributed by atoms with Crippen molar-refractivity contribution in [2.24, 2.45) is 0 Å². The summed E-state index contributed by atoms with van der Waals surface area (Å²) in [5.41, 5.74) is 0.495. The number of amides is 2. The van der Waals surface area contributed by atoms with Gasteiger partial charge in [-0.15, -0.1) is 0 Å². The number of sulfonamides is 1. The minimum atomic E-state index is -3.51. The molecule has 0 unspecified atom stereocenters. The van der Waals surface area contributed by atoms with Crippen LogP contribution < -0.4 is 10.6 Å². The number of urea groups is 1. The molecule has 2 N–H and O–H groups in total. The molecule has 0 saturated carbocycles. The number of nitrogens with one attached hydrogen (secondary N) is 2. The second-order valence-corrected chi connectivity index (χ2v) is 9.06. The molecule has 2 amide bonds. The van der Waals surface area contributed by atoms with Gasteiger partial charge in [0.25, 0.3) is 0 Å². The van der Waals surface area contributed by atoms with Crippen LogP contribution in [-0.2, 0) is 14.8 Å². The Morgan fingerprint density at radius 2 is 1.83 bits per heavy atom. The van der Waals surface area contributed by atoms with Gasteiger partial charge in [0.05, 0.1) is 23.1 Å². The first-order valence-corrected chi connectivity index (χ1v) is 10.9. The third-order valence-electron chi connectivity index (χ3n) is 5.25. The molecule has 7 nitrogen and oxygen atoms in total. The smallest absolute Gasteiger partial charge is 0.319 e. The number of ether oxygens (including phenoxy) is 1. The highest BCUT2D eigenvalue weighted by Crippen LogP contribution is 2.36. The van der Waals surface area contributed by atoms with Crippen molar-refractivity contribution in [2.75, 3.05) is 18.4 Å². The van der Waals surface area contributed by atoms with E-state index >= 15 is 0 Å². The zero-order chi connectivity index (χ0) is 20.4. The highest BCUT2D eigenvalue weighted by atomic mass is 32.2. The summed E-state index contributed by atoms with van der Waals surface area (Å²) in [6.45, 7) is 0.641. The average molecular weight is 419 g/mol. The number of halogens is 1. The maximum atomic E-state index is 12.9. The van der Waals surface area contributed by atoms with Gasteiger partial charge in [-0.1, -0.05) is 18.2 Å². The SMILES string of the molecule is O=C(NC[C@@H]1CC[C@H]2[C@H](CN2S(=O)(=O)c2ccccc2)O1)Nc1ccc(F)cc1. The minimum absolute atomic E-state index is 0.158. The highest BCUT2D eigenvalue weighted by Gasteiger charge is 2.49. The lowest BCUT2D eigenvalue weighted by Gasteiger charge is -2.50. The number of rotatable bonds is 5. The van der Waals surface area contributed by atoms with Crippen molar-refractivity contribution in [3.63, 3.8) is 0 Å². The highest BCUT2D eigenvalue weighted by molar-refractivity contribution is 7.89. The van der Waals surface area contributed by atoms with E-state index in [2.05, 4.69) is 10.6 Å². The fourth-order valence-corrected chi connectivity index (χ4v) is 5.40. The van der Waals surface area contributed by atoms with Crippen molar-refractivity contribution in [2.45, 2.75) is 36.0 Å². The summed E-state index contributed by atoms with van der Waals surface area (Å²) in [7, 11) is -3.51. The Morgan fingerprint density at radius 1 is 1.10 bits per heavy atom. The van der Waals surface area contributed by atoms with E-state index in [0.717, 1.165) is 0 Å². The van der Waals surface area contributed by atoms with Crippen molar-refractivity contribution < 1.29 is 22.3 Å². The van der Waals surface area contributed by atoms with Crippen LogP contribution in [0.1, 0.15) is 12.8 Å². The predicted molar refractivity (Wildman–Crippen MR) is 105 cm³/mol. The average Bonchev–Trinajstić information content (AvgIpc) is 2.70. The molecule has 0 radical (unpaired) electrons. The summed E-state index contributed by atoms with van der Waals surface area (Å²) in [6.07, 6.45) is 1.01. The van der Waals surface area contributed by atoms with Gasteiger partial charge in [0.2, 0.25) is 10.0 Å². The lowest BCUT2D eigenvalue weighted by Crippen LogP contribution is -2.66. The van der Waals surface area contributed by atoms with Gasteiger partial charge in [0.1, 0.15) is 5.82 Å². The van der Waals surface area contributed by atoms with Crippen molar-refractivity contribution >= 4 is 21.7 Å². The fourth-order valence-electron chi connectivity index (χ4n) is 3.69. The number of benzene rings is 2. The molecule has 29 heavy (non-hydrogen) atoms. The number of anilines is 1. The lowest BCUT2D eigenvalue weighted by atomic mass is 9.92. The summed E-state index contributed by atoms with van der Waals surface area (Å²) < 4.78 is 45.8. The molecule has 3 atom stereocenters. The van der Waals surface area contributed by atoms with Gasteiger partial charge in [-0.3, -0.25) is 0 Å². The third kappa shape index (κ3) is 4.26. The molecule has 2 aromatic carbocycles. The molecule has 4 rings (SSSR count). The Labute approximate surface area is 168 Å². The first kappa shape index (κ1) is 19.8. The van der Waals surface area contributed by atoms with Crippen LogP contribution in [0.3, 0.4) is 0 Å². The number of carbonyl (C=O) groups excluding carboxylic acids is 1. The van der Waals surface area contributed by atoms with Gasteiger partial charge in [-0.2, -0.15) is 4.31 Å². The lowest BCUT2D eigenvalue weighted by molar-refractivity contribution is -0.136. The maximum absolute atomic E-state index is 12.9. The van der Waals surface area contributed by atoms with Crippen molar-refractivity contribution in [3.05, 3.63) is 60.4 Å². The second-order valence-electron chi connectivity index (χ2n) is 7.17. The summed E-state index contributed by atoms with van der Waals surface area (Å²) in [5, 5.41) is 5.37. The minimum Gasteiger partial charge on any atom is -0.370 e. The van der Waals surface area contributed by atoms with Gasteiger partial charge in [-0.05, 0) is 49.2 Å². The molecular weight excluding hydrogens is 397 g/mol. The molecule has 2 saturated heterocycles. The second kappa shape index (κ2) is 8.10. The summed E-state index contributed by atoms with van der Waals surface area (Å²) >= 11 is 0. The molecule has 0 aliphatic carbocycles. The van der Waals surface area contributed by atoms with E-state index < -0.39 is 16.1 Å². The van der Waals surface area contributed by atoms with Crippen molar-refractivity contribution in [1.29, 1.82) is 0 Å². The Morgan fingerprint density at radius 3 is 2.52 bits per heavy atom. The Balaban J connectivity index is 1.26. The standard InChI is InChI=1S/C20H22FN3O4S/c21-14-6-8-15(9-7-14)23-20(25)22-12-16-10-11-18-19(28-16)13-24(18)29(26,27)17-4-2-1-3-5-17/h1-9,16,18-19H,10-13H2,(H2,22,23,25)/t16-,18-,19-/m0/s1. The van der Waals surface area contributed by atoms with Crippen LogP contribution in [0.5, 0.6) is 0 Å². The molecule has 0 spiro atoms. The molecular formula is C20H22FN3O4S. The maximum Gasteiger partial charge on any atom is 0.319 e. The van der Waals surface area contributed by atoms with Crippen LogP contribution in [0.15, 0.2) is 59.5 Å². The number of carbonyl (C=O) groups is 1. The van der Waals surface area contributed by atoms with Crippen molar-refractivity contribution in [1.82, 2.24) is 9.62 Å². The topological polar surface area (TPSA) is 87.7 Å². The summed E-state index contributed by atoms with van der Waals surface area (Å²) in [4.78, 5) is 12.3. The Kier molecular flexibility index (Phi) is 5.53. The normalized spacial score (nSPS) is 24.2. The van der Waals surface area contributed by atoms with E-state index in [1.54, 1.807) is 30.3 Å². The largest absolute Gasteiger partial charge is 0.370 e. The van der Waals surface area contributed by atoms with Crippen LogP contribution >= 0.6 is 0 Å². The van der Waals surface area contributed by atoms with Gasteiger partial charge in [-0.25, -0.2) is 17.6 Å². The van der Waals surface area contributed by atoms with Crippen LogP contribution in [0.25, 0.3) is 0 Å². The zero-order valence-corrected chi connectivity index (χ0v) is 16.4. The number of hydrogen-bond acceptors (Lipinski definition) is 4. The van der Waals surface area contributed by atoms with E-state index in [1.807, 2.05) is 0 Å². The van der Waals surface area contributed by atoms with Gasteiger partial charge in [0.15, 0.2) is 0 Å². The predicted octanol–water partition coefficient (Wildman–Crippen LogP) is 2.57. The number of fused-ring (bicyclic) bond motifs is 1. The van der Waals surface area contributed by atoms with Gasteiger partial charge >= 0.3 is 6.03 Å². The van der Waals surface area contributed by atoms with Crippen LogP contribution in [-0.4, -0.2) is 50.1 Å². The number of hydrogen-bond donors (Lipinski definition) is 2. The van der Waals surface area contributed by atoms with Gasteiger partial charge < -0.3 is 15.4 Å². The Bertz CT molecular complexity index is 969. The van der Waals surface area contributed by atoms with Gasteiger partial charge in [0, 0.05) is 18.8 Å². The molecule has 9 heteroatoms. The molecule has 154 valence electrons. The summed E-state index contributed by atoms with van der Waals surface area (Å²) in [6, 6.07) is 13.3. The summed E-state index contributed by atoms with van der Waals surface area (Å²) in [5.74, 6) is -0.370. The van der Waals surface area contributed by atoms with E-state index in [1.165, 1.54) is 28.6 Å². The molecule has 2 aliphatic heterocycles. The molecule has 2 fully saturated rings. The monoisotopic (exact) mass is 419 g/mol. The molecule has 2 aliphatic rings. The van der Waals surface area contributed by atoms with Crippen molar-refractivity contribution in [3.8, 4) is 0 Å².